The van der Waals surface area contributed by atoms with Crippen LogP contribution in [0, 0.1) is 5.41 Å². The molecule has 1 unspecified atom stereocenters. The Kier molecular flexibility index (Phi) is 2.85. The number of hydrogen-bond acceptors (Lipinski definition) is 3. The van der Waals surface area contributed by atoms with Crippen LogP contribution in [0.3, 0.4) is 0 Å². The van der Waals surface area contributed by atoms with Gasteiger partial charge in [0, 0.05) is 5.41 Å². The number of Topliss-reactive ketones (excluding diaryl/α,β-unsaturated/α-hetero) is 1. The highest BCUT2D eigenvalue weighted by Gasteiger charge is 2.30. The van der Waals surface area contributed by atoms with Crippen LogP contribution in [0.15, 0.2) is 6.33 Å². The van der Waals surface area contributed by atoms with E-state index in [9.17, 15) is 4.79 Å². The van der Waals surface area contributed by atoms with Crippen LogP contribution in [0.4, 0.5) is 0 Å². The van der Waals surface area contributed by atoms with Crippen LogP contribution in [0.5, 0.6) is 0 Å². The van der Waals surface area contributed by atoms with Crippen LogP contribution in [-0.2, 0) is 4.79 Å². The molecule has 0 saturated heterocycles. The van der Waals surface area contributed by atoms with Gasteiger partial charge in [-0.05, 0) is 0 Å². The number of rotatable bonds is 2. The summed E-state index contributed by atoms with van der Waals surface area (Å²) < 4.78 is 0. The third kappa shape index (κ3) is 2.37. The third-order valence-corrected chi connectivity index (χ3v) is 2.49. The maximum absolute atomic E-state index is 11.7. The minimum absolute atomic E-state index is 0.0873. The van der Waals surface area contributed by atoms with E-state index < -0.39 is 4.83 Å². The average molecular weight is 246 g/mol. The van der Waals surface area contributed by atoms with Crippen molar-refractivity contribution in [3.8, 4) is 0 Å². The molecule has 0 aromatic carbocycles. The van der Waals surface area contributed by atoms with E-state index in [0.717, 1.165) is 0 Å². The van der Waals surface area contributed by atoms with E-state index in [0.29, 0.717) is 5.82 Å². The van der Waals surface area contributed by atoms with Gasteiger partial charge in [-0.15, -0.1) is 0 Å². The summed E-state index contributed by atoms with van der Waals surface area (Å²) in [5.74, 6) is 0.643. The number of hydrogen-bond donors (Lipinski definition) is 1. The van der Waals surface area contributed by atoms with Crippen molar-refractivity contribution in [2.45, 2.75) is 25.6 Å². The van der Waals surface area contributed by atoms with Crippen molar-refractivity contribution < 1.29 is 4.79 Å². The number of alkyl halides is 1. The molecule has 0 radical (unpaired) electrons. The quantitative estimate of drug-likeness (QED) is 0.810. The minimum atomic E-state index is -0.394. The summed E-state index contributed by atoms with van der Waals surface area (Å²) >= 11 is 3.28. The molecule has 72 valence electrons. The van der Waals surface area contributed by atoms with E-state index in [1.807, 2.05) is 20.8 Å². The fraction of sp³-hybridized carbons (Fsp3) is 0.625. The molecule has 0 amide bonds. The van der Waals surface area contributed by atoms with Gasteiger partial charge in [-0.25, -0.2) is 4.98 Å². The lowest BCUT2D eigenvalue weighted by Gasteiger charge is -2.18. The number of aromatic amines is 1. The Morgan fingerprint density at radius 2 is 2.23 bits per heavy atom. The van der Waals surface area contributed by atoms with Crippen LogP contribution >= 0.6 is 15.9 Å². The van der Waals surface area contributed by atoms with E-state index >= 15 is 0 Å². The van der Waals surface area contributed by atoms with Crippen LogP contribution in [-0.4, -0.2) is 21.0 Å². The first-order valence-electron chi connectivity index (χ1n) is 3.96. The molecule has 0 aliphatic rings. The summed E-state index contributed by atoms with van der Waals surface area (Å²) in [4.78, 5) is 15.3. The lowest BCUT2D eigenvalue weighted by molar-refractivity contribution is -0.125. The molecule has 1 rings (SSSR count). The Balaban J connectivity index is 2.81. The second-order valence-electron chi connectivity index (χ2n) is 3.85. The van der Waals surface area contributed by atoms with Gasteiger partial charge < -0.3 is 0 Å². The summed E-state index contributed by atoms with van der Waals surface area (Å²) in [7, 11) is 0. The Morgan fingerprint density at radius 1 is 1.62 bits per heavy atom. The van der Waals surface area contributed by atoms with Gasteiger partial charge in [0.1, 0.15) is 17.0 Å². The molecule has 1 N–H and O–H groups in total. The summed E-state index contributed by atoms with van der Waals surface area (Å²) in [5.41, 5.74) is -0.374. The standard InChI is InChI=1S/C8H12BrN3O/c1-8(2,3)6(13)5(9)7-10-4-11-12-7/h4-5H,1-3H3,(H,10,11,12). The second kappa shape index (κ2) is 3.57. The molecule has 1 aromatic rings. The van der Waals surface area contributed by atoms with Crippen molar-refractivity contribution in [2.24, 2.45) is 5.41 Å². The monoisotopic (exact) mass is 245 g/mol. The maximum atomic E-state index is 11.7. The van der Waals surface area contributed by atoms with Gasteiger partial charge in [-0.3, -0.25) is 9.89 Å². The summed E-state index contributed by atoms with van der Waals surface area (Å²) in [6.45, 7) is 5.62. The molecular formula is C8H12BrN3O. The number of ketones is 1. The van der Waals surface area contributed by atoms with Gasteiger partial charge in [0.25, 0.3) is 0 Å². The fourth-order valence-corrected chi connectivity index (χ4v) is 1.75. The molecule has 5 heteroatoms. The summed E-state index contributed by atoms with van der Waals surface area (Å²) in [6, 6.07) is 0. The van der Waals surface area contributed by atoms with E-state index in [1.165, 1.54) is 6.33 Å². The molecule has 1 heterocycles. The van der Waals surface area contributed by atoms with Gasteiger partial charge in [0.15, 0.2) is 5.78 Å². The fourth-order valence-electron chi connectivity index (χ4n) is 0.841. The molecule has 0 aliphatic carbocycles. The first-order valence-corrected chi connectivity index (χ1v) is 4.88. The highest BCUT2D eigenvalue weighted by atomic mass is 79.9. The van der Waals surface area contributed by atoms with Crippen molar-refractivity contribution >= 4 is 21.7 Å². The van der Waals surface area contributed by atoms with Crippen molar-refractivity contribution in [3.05, 3.63) is 12.2 Å². The zero-order chi connectivity index (χ0) is 10.1. The molecule has 1 aromatic heterocycles. The normalized spacial score (nSPS) is 14.2. The lowest BCUT2D eigenvalue weighted by atomic mass is 9.89. The number of aromatic nitrogens is 3. The van der Waals surface area contributed by atoms with Gasteiger partial charge >= 0.3 is 0 Å². The van der Waals surface area contributed by atoms with Crippen LogP contribution in [0.25, 0.3) is 0 Å². The Hall–Kier alpha value is -0.710. The van der Waals surface area contributed by atoms with E-state index in [-0.39, 0.29) is 11.2 Å². The predicted octanol–water partition coefficient (Wildman–Crippen LogP) is 1.86. The largest absolute Gasteiger partial charge is 0.297 e. The highest BCUT2D eigenvalue weighted by molar-refractivity contribution is 9.09. The smallest absolute Gasteiger partial charge is 0.159 e. The average Bonchev–Trinajstić information content (AvgIpc) is 2.51. The molecule has 4 nitrogen and oxygen atoms in total. The molecule has 0 fully saturated rings. The first kappa shape index (κ1) is 10.4. The van der Waals surface area contributed by atoms with Gasteiger partial charge in [0.05, 0.1) is 0 Å². The third-order valence-electron chi connectivity index (χ3n) is 1.64. The number of carbonyl (C=O) groups excluding carboxylic acids is 1. The predicted molar refractivity (Wildman–Crippen MR) is 52.5 cm³/mol. The lowest BCUT2D eigenvalue weighted by Crippen LogP contribution is -2.24. The highest BCUT2D eigenvalue weighted by Crippen LogP contribution is 2.29. The summed E-state index contributed by atoms with van der Waals surface area (Å²) in [6.07, 6.45) is 1.39. The first-order chi connectivity index (χ1) is 5.93. The molecule has 13 heavy (non-hydrogen) atoms. The van der Waals surface area contributed by atoms with Crippen LogP contribution < -0.4 is 0 Å². The molecule has 0 aliphatic heterocycles. The van der Waals surface area contributed by atoms with E-state index in [4.69, 9.17) is 0 Å². The van der Waals surface area contributed by atoms with E-state index in [2.05, 4.69) is 31.1 Å². The van der Waals surface area contributed by atoms with Gasteiger partial charge in [-0.2, -0.15) is 5.10 Å². The van der Waals surface area contributed by atoms with Crippen molar-refractivity contribution in [2.75, 3.05) is 0 Å². The van der Waals surface area contributed by atoms with Crippen LogP contribution in [0.1, 0.15) is 31.4 Å². The van der Waals surface area contributed by atoms with Gasteiger partial charge in [0.2, 0.25) is 0 Å². The zero-order valence-corrected chi connectivity index (χ0v) is 9.42. The number of carbonyl (C=O) groups is 1. The number of nitrogens with zero attached hydrogens (tertiary/aromatic N) is 2. The molecule has 1 atom stereocenters. The molecule has 0 saturated carbocycles. The maximum Gasteiger partial charge on any atom is 0.159 e. The Morgan fingerprint density at radius 3 is 2.62 bits per heavy atom. The second-order valence-corrected chi connectivity index (χ2v) is 4.76. The van der Waals surface area contributed by atoms with Crippen LogP contribution in [0.2, 0.25) is 0 Å². The number of nitrogens with one attached hydrogen (secondary N) is 1. The number of H-pyrrole nitrogens is 1. The van der Waals surface area contributed by atoms with E-state index in [1.54, 1.807) is 0 Å². The summed E-state index contributed by atoms with van der Waals surface area (Å²) in [5, 5.41) is 6.35. The minimum Gasteiger partial charge on any atom is -0.297 e. The zero-order valence-electron chi connectivity index (χ0n) is 7.84. The molecular weight excluding hydrogens is 234 g/mol. The van der Waals surface area contributed by atoms with Crippen molar-refractivity contribution in [1.82, 2.24) is 15.2 Å². The SMILES string of the molecule is CC(C)(C)C(=O)C(Br)c1ncn[nH]1. The molecule has 0 spiro atoms. The Labute approximate surface area is 85.3 Å². The Bertz CT molecular complexity index is 289. The topological polar surface area (TPSA) is 58.6 Å². The molecule has 0 bridgehead atoms. The van der Waals surface area contributed by atoms with Crippen molar-refractivity contribution in [1.29, 1.82) is 0 Å². The van der Waals surface area contributed by atoms with Gasteiger partial charge in [-0.1, -0.05) is 36.7 Å². The number of halogens is 1. The van der Waals surface area contributed by atoms with Crippen molar-refractivity contribution in [3.63, 3.8) is 0 Å².